The third-order valence-electron chi connectivity index (χ3n) is 8.07. The first-order valence-electron chi connectivity index (χ1n) is 17.8. The summed E-state index contributed by atoms with van der Waals surface area (Å²) in [7, 11) is 0. The first-order chi connectivity index (χ1) is 19.4. The monoisotopic (exact) mass is 569 g/mol. The lowest BCUT2D eigenvalue weighted by Gasteiger charge is -2.20. The summed E-state index contributed by atoms with van der Waals surface area (Å²) in [5.74, 6) is 0.314. The summed E-state index contributed by atoms with van der Waals surface area (Å²) < 4.78 is 11.1. The molecular formula is C36H72O4. The summed E-state index contributed by atoms with van der Waals surface area (Å²) in [5, 5.41) is 0. The zero-order valence-corrected chi connectivity index (χ0v) is 28.3. The predicted octanol–water partition coefficient (Wildman–Crippen LogP) is 11.8. The molecule has 0 aromatic heterocycles. The van der Waals surface area contributed by atoms with Crippen molar-refractivity contribution in [2.45, 2.75) is 202 Å². The third kappa shape index (κ3) is 25.9. The maximum atomic E-state index is 12.1. The molecule has 0 aromatic rings. The summed E-state index contributed by atoms with van der Waals surface area (Å²) in [6, 6.07) is 0. The molecule has 0 N–H and O–H groups in total. The number of unbranched alkanes of at least 4 members (excludes halogenated alkanes) is 13. The van der Waals surface area contributed by atoms with Crippen LogP contribution in [0, 0.1) is 11.8 Å². The van der Waals surface area contributed by atoms with E-state index >= 15 is 0 Å². The van der Waals surface area contributed by atoms with Crippen molar-refractivity contribution < 1.29 is 19.1 Å². The minimum atomic E-state index is 0.0341. The van der Waals surface area contributed by atoms with Crippen LogP contribution < -0.4 is 0 Å². The van der Waals surface area contributed by atoms with E-state index in [0.717, 1.165) is 70.6 Å². The van der Waals surface area contributed by atoms with Crippen molar-refractivity contribution in [1.82, 2.24) is 0 Å². The maximum Gasteiger partial charge on any atom is 0.309 e. The quantitative estimate of drug-likeness (QED) is 0.0730. The first kappa shape index (κ1) is 41.1. The maximum absolute atomic E-state index is 12.1. The van der Waals surface area contributed by atoms with Crippen molar-refractivity contribution in [3.63, 3.8) is 0 Å². The zero-order valence-electron chi connectivity index (χ0n) is 28.3. The highest BCUT2D eigenvalue weighted by Crippen LogP contribution is 2.18. The Morgan fingerprint density at radius 1 is 0.450 bits per heavy atom. The van der Waals surface area contributed by atoms with Gasteiger partial charge in [0.1, 0.15) is 6.10 Å². The van der Waals surface area contributed by atoms with E-state index in [-0.39, 0.29) is 29.9 Å². The molecule has 240 valence electrons. The van der Waals surface area contributed by atoms with Crippen LogP contribution in [0.1, 0.15) is 196 Å². The van der Waals surface area contributed by atoms with Gasteiger partial charge in [-0.25, -0.2) is 0 Å². The average molecular weight is 569 g/mol. The Bertz CT molecular complexity index is 533. The molecule has 4 nitrogen and oxygen atoms in total. The second-order valence-electron chi connectivity index (χ2n) is 11.8. The van der Waals surface area contributed by atoms with Gasteiger partial charge in [0.05, 0.1) is 18.4 Å². The van der Waals surface area contributed by atoms with E-state index in [1.807, 2.05) is 0 Å². The lowest BCUT2D eigenvalue weighted by atomic mass is 9.99. The van der Waals surface area contributed by atoms with E-state index in [4.69, 9.17) is 9.47 Å². The summed E-state index contributed by atoms with van der Waals surface area (Å²) in [6.45, 7) is 15.7. The molecule has 4 heteroatoms. The largest absolute Gasteiger partial charge is 0.465 e. The van der Waals surface area contributed by atoms with Crippen LogP contribution in [0.2, 0.25) is 0 Å². The molecular weight excluding hydrogens is 496 g/mol. The van der Waals surface area contributed by atoms with Gasteiger partial charge in [0, 0.05) is 0 Å². The zero-order chi connectivity index (χ0) is 30.3. The predicted molar refractivity (Wildman–Crippen MR) is 174 cm³/mol. The minimum absolute atomic E-state index is 0.0341. The van der Waals surface area contributed by atoms with Gasteiger partial charge in [0.2, 0.25) is 0 Å². The lowest BCUT2D eigenvalue weighted by molar-refractivity contribution is -0.155. The molecule has 0 aliphatic carbocycles. The fourth-order valence-corrected chi connectivity index (χ4v) is 4.99. The van der Waals surface area contributed by atoms with Gasteiger partial charge in [-0.05, 0) is 51.4 Å². The second-order valence-corrected chi connectivity index (χ2v) is 11.8. The van der Waals surface area contributed by atoms with Crippen molar-refractivity contribution >= 4 is 11.9 Å². The van der Waals surface area contributed by atoms with Gasteiger partial charge in [-0.1, -0.05) is 145 Å². The molecule has 40 heavy (non-hydrogen) atoms. The molecule has 0 rings (SSSR count). The van der Waals surface area contributed by atoms with Gasteiger partial charge in [-0.2, -0.15) is 0 Å². The molecule has 0 aliphatic rings. The molecule has 0 radical (unpaired) electrons. The van der Waals surface area contributed by atoms with Crippen LogP contribution in [0.15, 0.2) is 0 Å². The van der Waals surface area contributed by atoms with Gasteiger partial charge in [-0.3, -0.25) is 9.59 Å². The lowest BCUT2D eigenvalue weighted by Crippen LogP contribution is -2.24. The Kier molecular flexibility index (Phi) is 33.3. The van der Waals surface area contributed by atoms with E-state index in [2.05, 4.69) is 48.5 Å². The summed E-state index contributed by atoms with van der Waals surface area (Å²) in [6.07, 6.45) is 27.3. The molecule has 0 bridgehead atoms. The van der Waals surface area contributed by atoms with Crippen LogP contribution in [-0.4, -0.2) is 24.6 Å². The fraction of sp³-hybridized carbons (Fsp3) is 0.944. The molecule has 3 atom stereocenters. The highest BCUT2D eigenvalue weighted by atomic mass is 16.5. The highest BCUT2D eigenvalue weighted by molar-refractivity contribution is 5.72. The number of esters is 2. The number of carbonyl (C=O) groups is 2. The molecule has 0 spiro atoms. The minimum Gasteiger partial charge on any atom is -0.465 e. The Balaban J connectivity index is 0. The van der Waals surface area contributed by atoms with E-state index in [1.54, 1.807) is 0 Å². The number of ether oxygens (including phenoxy) is 2. The number of rotatable bonds is 27. The Morgan fingerprint density at radius 3 is 1.32 bits per heavy atom. The van der Waals surface area contributed by atoms with E-state index in [0.29, 0.717) is 6.61 Å². The number of hydrogen-bond donors (Lipinski definition) is 0. The Morgan fingerprint density at radius 2 is 0.875 bits per heavy atom. The van der Waals surface area contributed by atoms with E-state index < -0.39 is 0 Å². The number of hydrogen-bond acceptors (Lipinski definition) is 4. The van der Waals surface area contributed by atoms with Crippen LogP contribution in [0.4, 0.5) is 0 Å². The van der Waals surface area contributed by atoms with Crippen molar-refractivity contribution in [1.29, 1.82) is 0 Å². The summed E-state index contributed by atoms with van der Waals surface area (Å²) >= 11 is 0. The summed E-state index contributed by atoms with van der Waals surface area (Å²) in [5.41, 5.74) is 0. The first-order valence-corrected chi connectivity index (χ1v) is 17.8. The van der Waals surface area contributed by atoms with Gasteiger partial charge >= 0.3 is 11.9 Å². The van der Waals surface area contributed by atoms with Gasteiger partial charge in [0.25, 0.3) is 0 Å². The van der Waals surface area contributed by atoms with E-state index in [9.17, 15) is 9.59 Å². The van der Waals surface area contributed by atoms with Gasteiger partial charge in [0.15, 0.2) is 0 Å². The number of carbonyl (C=O) groups excluding carboxylic acids is 2. The van der Waals surface area contributed by atoms with Crippen molar-refractivity contribution in [3.05, 3.63) is 0 Å². The standard InChI is InChI=1S/C20H40O2.C16H32O2/c1-4-7-9-10-11-12-13-14-15-16-18-22-20(21)19(6-3)17-8-5-2;1-5-9-11-13-15(8-4)18-16(17)14(7-3)12-10-6-2/h19H,4-18H2,1-3H3;14-15H,5-13H2,1-4H3. The molecule has 0 saturated heterocycles. The molecule has 0 saturated carbocycles. The third-order valence-corrected chi connectivity index (χ3v) is 8.07. The SMILES string of the molecule is CCCCCC(CC)OC(=O)C(CC)CCCC.CCCCCCCCCCCCOC(=O)C(CC)CCCC. The van der Waals surface area contributed by atoms with Crippen molar-refractivity contribution in [2.75, 3.05) is 6.61 Å². The fourth-order valence-electron chi connectivity index (χ4n) is 4.99. The van der Waals surface area contributed by atoms with Crippen molar-refractivity contribution in [3.8, 4) is 0 Å². The molecule has 0 amide bonds. The van der Waals surface area contributed by atoms with Crippen LogP contribution in [0.3, 0.4) is 0 Å². The molecule has 0 heterocycles. The normalized spacial score (nSPS) is 13.2. The van der Waals surface area contributed by atoms with Crippen LogP contribution in [0.5, 0.6) is 0 Å². The van der Waals surface area contributed by atoms with Crippen LogP contribution in [-0.2, 0) is 19.1 Å². The topological polar surface area (TPSA) is 52.6 Å². The van der Waals surface area contributed by atoms with E-state index in [1.165, 1.54) is 77.0 Å². The van der Waals surface area contributed by atoms with Gasteiger partial charge < -0.3 is 9.47 Å². The molecule has 3 unspecified atom stereocenters. The molecule has 0 fully saturated rings. The van der Waals surface area contributed by atoms with Crippen molar-refractivity contribution in [2.24, 2.45) is 11.8 Å². The van der Waals surface area contributed by atoms with Gasteiger partial charge in [-0.15, -0.1) is 0 Å². The molecule has 0 aromatic carbocycles. The highest BCUT2D eigenvalue weighted by Gasteiger charge is 2.20. The smallest absolute Gasteiger partial charge is 0.309 e. The van der Waals surface area contributed by atoms with Crippen LogP contribution in [0.25, 0.3) is 0 Å². The second kappa shape index (κ2) is 32.5. The van der Waals surface area contributed by atoms with Crippen LogP contribution >= 0.6 is 0 Å². The summed E-state index contributed by atoms with van der Waals surface area (Å²) in [4.78, 5) is 24.0. The average Bonchev–Trinajstić information content (AvgIpc) is 2.96. The Labute approximate surface area is 251 Å². The molecule has 0 aliphatic heterocycles. The Hall–Kier alpha value is -1.06.